The quantitative estimate of drug-likeness (QED) is 0.607. The molecule has 154 valence electrons. The zero-order valence-corrected chi connectivity index (χ0v) is 18.2. The number of ketones is 2. The molecule has 6 atom stereocenters. The molecule has 0 N–H and O–H groups in total. The Hall–Kier alpha value is -1.16. The summed E-state index contributed by atoms with van der Waals surface area (Å²) < 4.78 is 5.81. The van der Waals surface area contributed by atoms with Crippen LogP contribution < -0.4 is 0 Å². The van der Waals surface area contributed by atoms with Crippen LogP contribution in [-0.2, 0) is 19.1 Å². The van der Waals surface area contributed by atoms with Crippen LogP contribution in [0.4, 0.5) is 0 Å². The second-order valence-electron chi connectivity index (χ2n) is 10.0. The molecule has 0 aromatic rings. The second kappa shape index (κ2) is 6.42. The molecule has 4 rings (SSSR count). The van der Waals surface area contributed by atoms with E-state index in [2.05, 4.69) is 13.8 Å². The molecule has 0 aromatic heterocycles. The molecular weight excluding hydrogens is 376 g/mol. The molecule has 0 amide bonds. The van der Waals surface area contributed by atoms with Gasteiger partial charge in [-0.15, -0.1) is 0 Å². The van der Waals surface area contributed by atoms with Crippen molar-refractivity contribution in [3.8, 4) is 0 Å². The molecule has 3 fully saturated rings. The van der Waals surface area contributed by atoms with Gasteiger partial charge in [-0.3, -0.25) is 14.4 Å². The van der Waals surface area contributed by atoms with Crippen molar-refractivity contribution in [3.05, 3.63) is 10.6 Å². The number of carbonyl (C=O) groups excluding carboxylic acids is 3. The van der Waals surface area contributed by atoms with Gasteiger partial charge >= 0.3 is 5.97 Å². The van der Waals surface area contributed by atoms with E-state index in [1.807, 2.05) is 0 Å². The van der Waals surface area contributed by atoms with Crippen molar-refractivity contribution in [2.45, 2.75) is 84.7 Å². The molecule has 0 heterocycles. The van der Waals surface area contributed by atoms with E-state index in [9.17, 15) is 14.4 Å². The molecule has 3 saturated carbocycles. The lowest BCUT2D eigenvalue weighted by Gasteiger charge is -2.59. The first-order valence-electron chi connectivity index (χ1n) is 10.7. The standard InChI is InChI=1S/C23H31ClO4/c1-13(25)23(28-14(2)26)12-8-17-15-5-6-18-20(24)19(27)9-10-21(18,3)16(15)7-11-22(17,23)4/h15-17H,5-12H2,1-4H3/t15-,16+,17+,21-,22+,23+/m1/s1. The van der Waals surface area contributed by atoms with E-state index in [-0.39, 0.29) is 28.4 Å². The number of fused-ring (bicyclic) bond motifs is 5. The van der Waals surface area contributed by atoms with Crippen LogP contribution in [0.25, 0.3) is 0 Å². The maximum Gasteiger partial charge on any atom is 0.303 e. The van der Waals surface area contributed by atoms with Gasteiger partial charge in [0.15, 0.2) is 17.2 Å². The van der Waals surface area contributed by atoms with Crippen molar-refractivity contribution < 1.29 is 19.1 Å². The van der Waals surface area contributed by atoms with E-state index in [1.165, 1.54) is 12.5 Å². The number of rotatable bonds is 2. The lowest BCUT2D eigenvalue weighted by molar-refractivity contribution is -0.187. The minimum Gasteiger partial charge on any atom is -0.451 e. The van der Waals surface area contributed by atoms with Gasteiger partial charge in [-0.2, -0.15) is 0 Å². The summed E-state index contributed by atoms with van der Waals surface area (Å²) in [5, 5.41) is 0.491. The number of Topliss-reactive ketones (excluding diaryl/α,β-unsaturated/α-hetero) is 2. The minimum absolute atomic E-state index is 0.0138. The Morgan fingerprint density at radius 2 is 1.68 bits per heavy atom. The molecule has 0 aromatic carbocycles. The summed E-state index contributed by atoms with van der Waals surface area (Å²) in [6.07, 6.45) is 6.71. The molecule has 0 bridgehead atoms. The monoisotopic (exact) mass is 406 g/mol. The van der Waals surface area contributed by atoms with Gasteiger partial charge in [-0.1, -0.05) is 25.4 Å². The van der Waals surface area contributed by atoms with Gasteiger partial charge in [0.05, 0.1) is 5.03 Å². The van der Waals surface area contributed by atoms with E-state index in [1.54, 1.807) is 6.92 Å². The number of carbonyl (C=O) groups is 3. The fourth-order valence-electron chi connectivity index (χ4n) is 7.71. The van der Waals surface area contributed by atoms with E-state index < -0.39 is 5.60 Å². The Labute approximate surface area is 172 Å². The predicted octanol–water partition coefficient (Wildman–Crippen LogP) is 4.98. The number of ether oxygens (including phenoxy) is 1. The maximum absolute atomic E-state index is 12.8. The van der Waals surface area contributed by atoms with Gasteiger partial charge in [0, 0.05) is 18.8 Å². The van der Waals surface area contributed by atoms with Crippen LogP contribution >= 0.6 is 11.6 Å². The molecule has 4 aliphatic rings. The Kier molecular flexibility index (Phi) is 4.61. The highest BCUT2D eigenvalue weighted by Crippen LogP contribution is 2.68. The molecule has 4 nitrogen and oxygen atoms in total. The average molecular weight is 407 g/mol. The van der Waals surface area contributed by atoms with Gasteiger partial charge in [0.2, 0.25) is 0 Å². The Bertz CT molecular complexity index is 785. The molecule has 0 radical (unpaired) electrons. The first-order chi connectivity index (χ1) is 13.1. The molecule has 5 heteroatoms. The highest BCUT2D eigenvalue weighted by atomic mass is 35.5. The predicted molar refractivity (Wildman–Crippen MR) is 107 cm³/mol. The fraction of sp³-hybridized carbons (Fsp3) is 0.783. The van der Waals surface area contributed by atoms with Crippen molar-refractivity contribution in [3.63, 3.8) is 0 Å². The van der Waals surface area contributed by atoms with Crippen molar-refractivity contribution in [1.82, 2.24) is 0 Å². The van der Waals surface area contributed by atoms with Crippen molar-refractivity contribution >= 4 is 29.1 Å². The summed E-state index contributed by atoms with van der Waals surface area (Å²) in [5.74, 6) is 1.06. The first-order valence-corrected chi connectivity index (χ1v) is 11.1. The van der Waals surface area contributed by atoms with Gasteiger partial charge in [0.1, 0.15) is 0 Å². The number of hydrogen-bond acceptors (Lipinski definition) is 4. The molecule has 0 saturated heterocycles. The summed E-state index contributed by atoms with van der Waals surface area (Å²) in [5.41, 5.74) is -0.132. The molecule has 4 aliphatic carbocycles. The Balaban J connectivity index is 1.72. The Morgan fingerprint density at radius 3 is 2.32 bits per heavy atom. The van der Waals surface area contributed by atoms with Crippen LogP contribution in [-0.4, -0.2) is 23.1 Å². The highest BCUT2D eigenvalue weighted by Gasteiger charge is 2.67. The van der Waals surface area contributed by atoms with Crippen LogP contribution in [0.2, 0.25) is 0 Å². The highest BCUT2D eigenvalue weighted by molar-refractivity contribution is 6.43. The van der Waals surface area contributed by atoms with Crippen LogP contribution in [0.1, 0.15) is 79.1 Å². The zero-order valence-electron chi connectivity index (χ0n) is 17.4. The third-order valence-corrected chi connectivity index (χ3v) is 9.50. The van der Waals surface area contributed by atoms with Gasteiger partial charge in [-0.05, 0) is 80.6 Å². The third kappa shape index (κ3) is 2.45. The van der Waals surface area contributed by atoms with Crippen molar-refractivity contribution in [1.29, 1.82) is 0 Å². The molecule has 0 aliphatic heterocycles. The van der Waals surface area contributed by atoms with Crippen LogP contribution in [0.15, 0.2) is 10.6 Å². The summed E-state index contributed by atoms with van der Waals surface area (Å²) >= 11 is 6.47. The summed E-state index contributed by atoms with van der Waals surface area (Å²) in [4.78, 5) is 36.8. The number of allylic oxidation sites excluding steroid dienone is 1. The second-order valence-corrected chi connectivity index (χ2v) is 10.4. The smallest absolute Gasteiger partial charge is 0.303 e. The van der Waals surface area contributed by atoms with Gasteiger partial charge < -0.3 is 4.74 Å². The molecular formula is C23H31ClO4. The van der Waals surface area contributed by atoms with Crippen LogP contribution in [0.5, 0.6) is 0 Å². The van der Waals surface area contributed by atoms with E-state index >= 15 is 0 Å². The van der Waals surface area contributed by atoms with Crippen molar-refractivity contribution in [2.75, 3.05) is 0 Å². The number of halogens is 1. The normalized spacial score (nSPS) is 45.2. The number of hydrogen-bond donors (Lipinski definition) is 0. The largest absolute Gasteiger partial charge is 0.451 e. The average Bonchev–Trinajstić information content (AvgIpc) is 2.92. The number of esters is 1. The topological polar surface area (TPSA) is 60.4 Å². The van der Waals surface area contributed by atoms with E-state index in [0.29, 0.717) is 35.6 Å². The maximum atomic E-state index is 12.8. The summed E-state index contributed by atoms with van der Waals surface area (Å²) in [7, 11) is 0. The minimum atomic E-state index is -0.980. The zero-order chi connectivity index (χ0) is 20.5. The molecule has 0 spiro atoms. The Morgan fingerprint density at radius 1 is 1.00 bits per heavy atom. The van der Waals surface area contributed by atoms with Gasteiger partial charge in [-0.25, -0.2) is 0 Å². The van der Waals surface area contributed by atoms with Crippen LogP contribution in [0, 0.1) is 28.6 Å². The SMILES string of the molecule is CC(=O)O[C@]1(C(C)=O)CC[C@H]2[C@@H]3CCC4=C(Cl)C(=O)CC[C@]4(C)[C@H]3CC[C@@]21C. The fourth-order valence-corrected chi connectivity index (χ4v) is 8.12. The van der Waals surface area contributed by atoms with Gasteiger partial charge in [0.25, 0.3) is 0 Å². The molecule has 0 unspecified atom stereocenters. The van der Waals surface area contributed by atoms with E-state index in [0.717, 1.165) is 38.5 Å². The lowest BCUT2D eigenvalue weighted by atomic mass is 9.46. The van der Waals surface area contributed by atoms with Crippen LogP contribution in [0.3, 0.4) is 0 Å². The van der Waals surface area contributed by atoms with Crippen molar-refractivity contribution in [2.24, 2.45) is 28.6 Å². The summed E-state index contributed by atoms with van der Waals surface area (Å²) in [6, 6.07) is 0. The molecule has 28 heavy (non-hydrogen) atoms. The van der Waals surface area contributed by atoms with E-state index in [4.69, 9.17) is 16.3 Å². The lowest BCUT2D eigenvalue weighted by Crippen LogP contribution is -2.58. The third-order valence-electron chi connectivity index (χ3n) is 9.06. The first kappa shape index (κ1) is 20.1. The summed E-state index contributed by atoms with van der Waals surface area (Å²) in [6.45, 7) is 7.47.